The summed E-state index contributed by atoms with van der Waals surface area (Å²) in [6.45, 7) is 7.92. The van der Waals surface area contributed by atoms with Crippen LogP contribution in [0.25, 0.3) is 32.2 Å². The minimum absolute atomic E-state index is 0.299. The summed E-state index contributed by atoms with van der Waals surface area (Å²) in [6.07, 6.45) is 1.29. The molecule has 0 spiro atoms. The molecule has 1 amide bonds. The predicted molar refractivity (Wildman–Crippen MR) is 139 cm³/mol. The van der Waals surface area contributed by atoms with Crippen molar-refractivity contribution in [1.82, 2.24) is 15.3 Å². The second-order valence-corrected chi connectivity index (χ2v) is 10.8. The summed E-state index contributed by atoms with van der Waals surface area (Å²) in [7, 11) is 1.56. The summed E-state index contributed by atoms with van der Waals surface area (Å²) in [5.74, 6) is -0.640. The van der Waals surface area contributed by atoms with Crippen LogP contribution in [0.1, 0.15) is 53.4 Å². The van der Waals surface area contributed by atoms with E-state index in [1.54, 1.807) is 13.2 Å². The molecule has 0 fully saturated rings. The van der Waals surface area contributed by atoms with Crippen molar-refractivity contribution in [3.05, 3.63) is 52.2 Å². The van der Waals surface area contributed by atoms with Gasteiger partial charge in [0.1, 0.15) is 5.75 Å². The van der Waals surface area contributed by atoms with Crippen molar-refractivity contribution in [1.29, 1.82) is 0 Å². The molecule has 8 nitrogen and oxygen atoms in total. The molecule has 2 N–H and O–H groups in total. The Morgan fingerprint density at radius 3 is 2.72 bits per heavy atom. The normalized spacial score (nSPS) is 14.0. The van der Waals surface area contributed by atoms with Gasteiger partial charge < -0.3 is 19.9 Å². The Labute approximate surface area is 212 Å². The highest BCUT2D eigenvalue weighted by molar-refractivity contribution is 7.20. The molecule has 2 aromatic carbocycles. The number of carboxylic acids is 1. The van der Waals surface area contributed by atoms with Crippen LogP contribution in [0.5, 0.6) is 5.75 Å². The van der Waals surface area contributed by atoms with E-state index in [1.807, 2.05) is 52.0 Å². The highest BCUT2D eigenvalue weighted by Crippen LogP contribution is 2.46. The number of fused-ring (bicyclic) bond motifs is 1. The second-order valence-electron chi connectivity index (χ2n) is 9.78. The molecule has 0 saturated carbocycles. The number of aliphatic carboxylic acids is 1. The molecule has 5 rings (SSSR count). The van der Waals surface area contributed by atoms with Gasteiger partial charge in [-0.1, -0.05) is 0 Å². The van der Waals surface area contributed by atoms with E-state index in [0.717, 1.165) is 28.7 Å². The number of benzene rings is 2. The Kier molecular flexibility index (Phi) is 5.92. The number of rotatable bonds is 5. The van der Waals surface area contributed by atoms with Gasteiger partial charge in [0.05, 0.1) is 27.9 Å². The maximum Gasteiger partial charge on any atom is 0.337 e. The van der Waals surface area contributed by atoms with Crippen molar-refractivity contribution in [2.75, 3.05) is 13.7 Å². The number of hydrogen-bond acceptors (Lipinski definition) is 7. The largest absolute Gasteiger partial charge is 0.493 e. The third-order valence-corrected chi connectivity index (χ3v) is 7.23. The predicted octanol–water partition coefficient (Wildman–Crippen LogP) is 5.06. The number of ether oxygens (including phenoxy) is 2. The van der Waals surface area contributed by atoms with E-state index in [2.05, 4.69) is 10.3 Å². The molecular formula is C27H27N3O5S. The molecule has 1 atom stereocenters. The van der Waals surface area contributed by atoms with Crippen molar-refractivity contribution in [2.24, 2.45) is 0 Å². The molecule has 3 heterocycles. The number of aromatic nitrogens is 2. The fraction of sp³-hybridized carbons (Fsp3) is 0.333. The molecule has 186 valence electrons. The number of carboxylic acid groups (broad SMARTS) is 1. The van der Waals surface area contributed by atoms with Crippen LogP contribution in [-0.4, -0.2) is 46.2 Å². The first kappa shape index (κ1) is 24.1. The number of nitrogens with zero attached hydrogens (tertiary/aromatic N) is 2. The van der Waals surface area contributed by atoms with Gasteiger partial charge in [-0.3, -0.25) is 9.78 Å². The van der Waals surface area contributed by atoms with Gasteiger partial charge in [0.2, 0.25) is 0 Å². The second kappa shape index (κ2) is 8.83. The summed E-state index contributed by atoms with van der Waals surface area (Å²) >= 11 is 1.23. The quantitative estimate of drug-likeness (QED) is 0.390. The molecule has 1 aliphatic rings. The van der Waals surface area contributed by atoms with Gasteiger partial charge in [0.15, 0.2) is 11.1 Å². The van der Waals surface area contributed by atoms with E-state index >= 15 is 0 Å². The number of amides is 1. The van der Waals surface area contributed by atoms with Gasteiger partial charge >= 0.3 is 5.97 Å². The first-order valence-corrected chi connectivity index (χ1v) is 12.5. The van der Waals surface area contributed by atoms with E-state index in [4.69, 9.17) is 14.5 Å². The lowest BCUT2D eigenvalue weighted by atomic mass is 9.89. The van der Waals surface area contributed by atoms with Crippen molar-refractivity contribution in [3.8, 4) is 16.9 Å². The van der Waals surface area contributed by atoms with E-state index < -0.39 is 17.7 Å². The summed E-state index contributed by atoms with van der Waals surface area (Å²) in [6, 6.07) is 7.62. The molecule has 1 unspecified atom stereocenters. The molecule has 9 heteroatoms. The van der Waals surface area contributed by atoms with E-state index in [1.165, 1.54) is 11.3 Å². The highest BCUT2D eigenvalue weighted by Gasteiger charge is 2.33. The van der Waals surface area contributed by atoms with Crippen LogP contribution < -0.4 is 10.1 Å². The van der Waals surface area contributed by atoms with E-state index in [0.29, 0.717) is 44.0 Å². The Balaban J connectivity index is 1.91. The van der Waals surface area contributed by atoms with Crippen molar-refractivity contribution < 1.29 is 24.2 Å². The zero-order chi connectivity index (χ0) is 25.8. The SMILES string of the molecule is CNC(=O)c1nc2cc(C)c(C(OC(C)(C)C)C(=O)O)c(-c3ccc4c5c(ccnc35)CCO4)c2s1. The Morgan fingerprint density at radius 1 is 1.25 bits per heavy atom. The van der Waals surface area contributed by atoms with Gasteiger partial charge in [-0.2, -0.15) is 0 Å². The van der Waals surface area contributed by atoms with Crippen LogP contribution in [-0.2, 0) is 16.0 Å². The lowest BCUT2D eigenvalue weighted by Crippen LogP contribution is -2.28. The lowest BCUT2D eigenvalue weighted by Gasteiger charge is -2.28. The van der Waals surface area contributed by atoms with Crippen molar-refractivity contribution in [3.63, 3.8) is 0 Å². The Morgan fingerprint density at radius 2 is 2.03 bits per heavy atom. The van der Waals surface area contributed by atoms with Crippen molar-refractivity contribution in [2.45, 2.75) is 45.8 Å². The van der Waals surface area contributed by atoms with Crippen LogP contribution in [0.3, 0.4) is 0 Å². The zero-order valence-electron chi connectivity index (χ0n) is 20.8. The first-order chi connectivity index (χ1) is 17.1. The minimum atomic E-state index is -1.24. The van der Waals surface area contributed by atoms with Gasteiger partial charge in [-0.05, 0) is 63.1 Å². The maximum atomic E-state index is 12.6. The first-order valence-electron chi connectivity index (χ1n) is 11.7. The van der Waals surface area contributed by atoms with Crippen LogP contribution in [0.4, 0.5) is 0 Å². The van der Waals surface area contributed by atoms with Crippen molar-refractivity contribution >= 4 is 44.3 Å². The number of nitrogens with one attached hydrogen (secondary N) is 1. The van der Waals surface area contributed by atoms with Crippen LogP contribution in [0, 0.1) is 6.92 Å². The fourth-order valence-electron chi connectivity index (χ4n) is 4.71. The van der Waals surface area contributed by atoms with E-state index in [9.17, 15) is 14.7 Å². The molecule has 36 heavy (non-hydrogen) atoms. The molecule has 1 aliphatic heterocycles. The summed E-state index contributed by atoms with van der Waals surface area (Å²) in [5, 5.41) is 14.1. The Bertz CT molecular complexity index is 1530. The number of pyridine rings is 1. The van der Waals surface area contributed by atoms with Gasteiger partial charge in [0, 0.05) is 41.7 Å². The maximum absolute atomic E-state index is 12.6. The average Bonchev–Trinajstić information content (AvgIpc) is 3.25. The lowest BCUT2D eigenvalue weighted by molar-refractivity contribution is -0.160. The molecule has 0 radical (unpaired) electrons. The van der Waals surface area contributed by atoms with Crippen LogP contribution in [0.15, 0.2) is 30.5 Å². The van der Waals surface area contributed by atoms with Gasteiger partial charge in [0.25, 0.3) is 5.91 Å². The Hall–Kier alpha value is -3.56. The molecule has 0 saturated heterocycles. The molecule has 2 aromatic heterocycles. The average molecular weight is 506 g/mol. The summed E-state index contributed by atoms with van der Waals surface area (Å²) in [4.78, 5) is 34.3. The van der Waals surface area contributed by atoms with Gasteiger partial charge in [-0.15, -0.1) is 11.3 Å². The molecule has 0 aliphatic carbocycles. The third kappa shape index (κ3) is 4.08. The van der Waals surface area contributed by atoms with Crippen LogP contribution in [0.2, 0.25) is 0 Å². The highest BCUT2D eigenvalue weighted by atomic mass is 32.1. The van der Waals surface area contributed by atoms with Crippen LogP contribution >= 0.6 is 11.3 Å². The molecule has 4 aromatic rings. The topological polar surface area (TPSA) is 111 Å². The number of hydrogen-bond donors (Lipinski definition) is 2. The number of thiazole rings is 1. The fourth-order valence-corrected chi connectivity index (χ4v) is 5.77. The number of carbonyl (C=O) groups excluding carboxylic acids is 1. The minimum Gasteiger partial charge on any atom is -0.493 e. The summed E-state index contributed by atoms with van der Waals surface area (Å²) in [5.41, 5.74) is 4.39. The van der Waals surface area contributed by atoms with E-state index in [-0.39, 0.29) is 5.91 Å². The standard InChI is InChI=1S/C27H27N3O5S/c1-13-12-16-23(36-25(30-16)24(31)28-5)20(18(13)22(26(32)33)35-27(2,3)4)15-6-7-17-19-14(9-11-34-17)8-10-29-21(15)19/h6-8,10,12,22H,9,11H2,1-5H3,(H,28,31)(H,32,33). The zero-order valence-corrected chi connectivity index (χ0v) is 21.6. The molecular weight excluding hydrogens is 478 g/mol. The molecule has 0 bridgehead atoms. The smallest absolute Gasteiger partial charge is 0.337 e. The van der Waals surface area contributed by atoms with Gasteiger partial charge in [-0.25, -0.2) is 9.78 Å². The number of carbonyl (C=O) groups is 2. The summed E-state index contributed by atoms with van der Waals surface area (Å²) < 4.78 is 12.7. The third-order valence-electron chi connectivity index (χ3n) is 6.15. The monoisotopic (exact) mass is 505 g/mol. The number of aryl methyl sites for hydroxylation is 1.